The summed E-state index contributed by atoms with van der Waals surface area (Å²) >= 11 is 0. The molecule has 100 valence electrons. The third kappa shape index (κ3) is 3.10. The molecule has 2 heterocycles. The van der Waals surface area contributed by atoms with Crippen LogP contribution in [0.3, 0.4) is 0 Å². The molecule has 0 spiro atoms. The number of nitrogens with one attached hydrogen (secondary N) is 1. The fourth-order valence-corrected chi connectivity index (χ4v) is 2.23. The van der Waals surface area contributed by atoms with Crippen LogP contribution in [0, 0.1) is 6.92 Å². The molecule has 1 N–H and O–H groups in total. The molecular weight excluding hydrogens is 228 g/mol. The number of nitrogens with zero attached hydrogens (tertiary/aromatic N) is 3. The molecular formula is C13H22N4O. The molecule has 5 nitrogen and oxygen atoms in total. The van der Waals surface area contributed by atoms with Crippen molar-refractivity contribution in [3.8, 4) is 5.88 Å². The van der Waals surface area contributed by atoms with Crippen LogP contribution in [0.1, 0.15) is 25.5 Å². The Morgan fingerprint density at radius 1 is 1.50 bits per heavy atom. The molecule has 1 atom stereocenters. The second-order valence-electron chi connectivity index (χ2n) is 4.69. The molecule has 0 saturated carbocycles. The van der Waals surface area contributed by atoms with Crippen LogP contribution in [-0.4, -0.2) is 42.8 Å². The van der Waals surface area contributed by atoms with Gasteiger partial charge in [0.2, 0.25) is 11.8 Å². The SMILES string of the molecule is CCOc1cc(C)nc(N(C)C2CCCNC2)n1. The van der Waals surface area contributed by atoms with Crippen molar-refractivity contribution >= 4 is 5.95 Å². The number of anilines is 1. The third-order valence-electron chi connectivity index (χ3n) is 3.25. The highest BCUT2D eigenvalue weighted by atomic mass is 16.5. The number of likely N-dealkylation sites (N-methyl/N-ethyl adjacent to an activating group) is 1. The Morgan fingerprint density at radius 2 is 2.33 bits per heavy atom. The van der Waals surface area contributed by atoms with Gasteiger partial charge in [0.25, 0.3) is 0 Å². The van der Waals surface area contributed by atoms with E-state index in [0.29, 0.717) is 18.5 Å². The summed E-state index contributed by atoms with van der Waals surface area (Å²) in [4.78, 5) is 11.1. The second-order valence-corrected chi connectivity index (χ2v) is 4.69. The minimum atomic E-state index is 0.468. The van der Waals surface area contributed by atoms with E-state index < -0.39 is 0 Å². The Morgan fingerprint density at radius 3 is 3.00 bits per heavy atom. The molecule has 0 aliphatic carbocycles. The van der Waals surface area contributed by atoms with E-state index in [-0.39, 0.29) is 0 Å². The molecule has 0 aromatic carbocycles. The summed E-state index contributed by atoms with van der Waals surface area (Å²) in [6.45, 7) is 6.68. The minimum absolute atomic E-state index is 0.468. The van der Waals surface area contributed by atoms with E-state index in [1.165, 1.54) is 12.8 Å². The molecule has 1 saturated heterocycles. The van der Waals surface area contributed by atoms with Crippen LogP contribution in [0.2, 0.25) is 0 Å². The second kappa shape index (κ2) is 6.00. The number of hydrogen-bond acceptors (Lipinski definition) is 5. The standard InChI is InChI=1S/C13H22N4O/c1-4-18-12-8-10(2)15-13(16-12)17(3)11-6-5-7-14-9-11/h8,11,14H,4-7,9H2,1-3H3. The predicted octanol–water partition coefficient (Wildman–Crippen LogP) is 1.37. The number of aromatic nitrogens is 2. The summed E-state index contributed by atoms with van der Waals surface area (Å²) in [7, 11) is 2.06. The maximum Gasteiger partial charge on any atom is 0.228 e. The van der Waals surface area contributed by atoms with E-state index in [0.717, 1.165) is 24.7 Å². The quantitative estimate of drug-likeness (QED) is 0.874. The van der Waals surface area contributed by atoms with Crippen molar-refractivity contribution in [2.24, 2.45) is 0 Å². The first-order chi connectivity index (χ1) is 8.70. The van der Waals surface area contributed by atoms with Crippen molar-refractivity contribution < 1.29 is 4.74 Å². The van der Waals surface area contributed by atoms with E-state index in [1.54, 1.807) is 0 Å². The summed E-state index contributed by atoms with van der Waals surface area (Å²) in [6.07, 6.45) is 2.39. The number of ether oxygens (including phenoxy) is 1. The Kier molecular flexibility index (Phi) is 4.36. The normalized spacial score (nSPS) is 19.6. The molecule has 0 amide bonds. The van der Waals surface area contributed by atoms with Gasteiger partial charge in [0, 0.05) is 31.4 Å². The highest BCUT2D eigenvalue weighted by Crippen LogP contribution is 2.18. The lowest BCUT2D eigenvalue weighted by Crippen LogP contribution is -2.44. The van der Waals surface area contributed by atoms with Crippen molar-refractivity contribution in [3.63, 3.8) is 0 Å². The van der Waals surface area contributed by atoms with Gasteiger partial charge in [-0.05, 0) is 33.2 Å². The van der Waals surface area contributed by atoms with Crippen LogP contribution < -0.4 is 15.0 Å². The monoisotopic (exact) mass is 250 g/mol. The number of aryl methyl sites for hydroxylation is 1. The zero-order valence-corrected chi connectivity index (χ0v) is 11.4. The first kappa shape index (κ1) is 13.1. The Labute approximate surface area is 109 Å². The van der Waals surface area contributed by atoms with Gasteiger partial charge in [-0.3, -0.25) is 0 Å². The topological polar surface area (TPSA) is 50.3 Å². The highest BCUT2D eigenvalue weighted by molar-refractivity contribution is 5.35. The van der Waals surface area contributed by atoms with Gasteiger partial charge < -0.3 is 15.0 Å². The molecule has 0 radical (unpaired) electrons. The molecule has 5 heteroatoms. The maximum absolute atomic E-state index is 5.47. The van der Waals surface area contributed by atoms with Crippen LogP contribution in [0.5, 0.6) is 5.88 Å². The van der Waals surface area contributed by atoms with Crippen molar-refractivity contribution in [2.75, 3.05) is 31.6 Å². The average Bonchev–Trinajstić information content (AvgIpc) is 2.38. The molecule has 1 aliphatic rings. The van der Waals surface area contributed by atoms with Crippen LogP contribution in [0.4, 0.5) is 5.95 Å². The smallest absolute Gasteiger partial charge is 0.228 e. The summed E-state index contributed by atoms with van der Waals surface area (Å²) in [5.41, 5.74) is 0.944. The number of rotatable bonds is 4. The number of hydrogen-bond donors (Lipinski definition) is 1. The van der Waals surface area contributed by atoms with E-state index in [2.05, 4.69) is 27.2 Å². The largest absolute Gasteiger partial charge is 0.478 e. The summed E-state index contributed by atoms with van der Waals surface area (Å²) < 4.78 is 5.47. The lowest BCUT2D eigenvalue weighted by Gasteiger charge is -2.31. The van der Waals surface area contributed by atoms with E-state index in [1.807, 2.05) is 19.9 Å². The molecule has 0 bridgehead atoms. The van der Waals surface area contributed by atoms with E-state index in [9.17, 15) is 0 Å². The molecule has 18 heavy (non-hydrogen) atoms. The molecule has 1 fully saturated rings. The van der Waals surface area contributed by atoms with Gasteiger partial charge in [-0.25, -0.2) is 4.98 Å². The summed E-state index contributed by atoms with van der Waals surface area (Å²) in [5.74, 6) is 1.42. The fourth-order valence-electron chi connectivity index (χ4n) is 2.23. The molecule has 1 aliphatic heterocycles. The van der Waals surface area contributed by atoms with Gasteiger partial charge in [0.15, 0.2) is 0 Å². The molecule has 1 unspecified atom stereocenters. The Bertz CT molecular complexity index is 391. The van der Waals surface area contributed by atoms with Crippen molar-refractivity contribution in [3.05, 3.63) is 11.8 Å². The first-order valence-corrected chi connectivity index (χ1v) is 6.62. The zero-order valence-electron chi connectivity index (χ0n) is 11.4. The molecule has 2 rings (SSSR count). The first-order valence-electron chi connectivity index (χ1n) is 6.62. The Balaban J connectivity index is 2.15. The van der Waals surface area contributed by atoms with E-state index >= 15 is 0 Å². The number of piperidine rings is 1. The van der Waals surface area contributed by atoms with Gasteiger partial charge >= 0.3 is 0 Å². The fraction of sp³-hybridized carbons (Fsp3) is 0.692. The lowest BCUT2D eigenvalue weighted by atomic mass is 10.1. The van der Waals surface area contributed by atoms with E-state index in [4.69, 9.17) is 4.74 Å². The van der Waals surface area contributed by atoms with Crippen LogP contribution in [0.15, 0.2) is 6.07 Å². The summed E-state index contributed by atoms with van der Waals surface area (Å²) in [5, 5.41) is 3.41. The molecule has 1 aromatic rings. The lowest BCUT2D eigenvalue weighted by molar-refractivity contribution is 0.325. The van der Waals surface area contributed by atoms with Gasteiger partial charge in [-0.1, -0.05) is 0 Å². The zero-order chi connectivity index (χ0) is 13.0. The minimum Gasteiger partial charge on any atom is -0.478 e. The van der Waals surface area contributed by atoms with Gasteiger partial charge in [-0.15, -0.1) is 0 Å². The van der Waals surface area contributed by atoms with Crippen LogP contribution >= 0.6 is 0 Å². The predicted molar refractivity (Wildman–Crippen MR) is 72.2 cm³/mol. The van der Waals surface area contributed by atoms with Crippen LogP contribution in [-0.2, 0) is 0 Å². The van der Waals surface area contributed by atoms with Gasteiger partial charge in [0.1, 0.15) is 0 Å². The van der Waals surface area contributed by atoms with Crippen molar-refractivity contribution in [1.82, 2.24) is 15.3 Å². The summed E-state index contributed by atoms with van der Waals surface area (Å²) in [6, 6.07) is 2.34. The van der Waals surface area contributed by atoms with Gasteiger partial charge in [-0.2, -0.15) is 4.98 Å². The third-order valence-corrected chi connectivity index (χ3v) is 3.25. The van der Waals surface area contributed by atoms with Crippen molar-refractivity contribution in [2.45, 2.75) is 32.7 Å². The van der Waals surface area contributed by atoms with Crippen LogP contribution in [0.25, 0.3) is 0 Å². The Hall–Kier alpha value is -1.36. The molecule has 1 aromatic heterocycles. The maximum atomic E-state index is 5.47. The highest BCUT2D eigenvalue weighted by Gasteiger charge is 2.20. The average molecular weight is 250 g/mol. The van der Waals surface area contributed by atoms with Crippen molar-refractivity contribution in [1.29, 1.82) is 0 Å². The van der Waals surface area contributed by atoms with Gasteiger partial charge in [0.05, 0.1) is 6.61 Å².